The summed E-state index contributed by atoms with van der Waals surface area (Å²) in [5.41, 5.74) is 7.72. The van der Waals surface area contributed by atoms with Crippen LogP contribution in [0.5, 0.6) is 0 Å². The summed E-state index contributed by atoms with van der Waals surface area (Å²) in [6.45, 7) is 0.673. The van der Waals surface area contributed by atoms with Crippen LogP contribution in [0.1, 0.15) is 11.1 Å². The number of nitrogens with two attached hydrogens (primary N) is 1. The molecule has 2 aromatic rings. The first-order valence-electron chi connectivity index (χ1n) is 5.62. The van der Waals surface area contributed by atoms with Crippen LogP contribution in [0.15, 0.2) is 33.4 Å². The summed E-state index contributed by atoms with van der Waals surface area (Å²) in [4.78, 5) is 0.176. The summed E-state index contributed by atoms with van der Waals surface area (Å²) in [6.07, 6.45) is 0.859. The monoisotopic (exact) mass is 358 g/mol. The molecule has 0 aliphatic rings. The molecule has 0 spiro atoms. The summed E-state index contributed by atoms with van der Waals surface area (Å²) in [5.74, 6) is -0.365. The molecule has 6 heteroatoms. The van der Waals surface area contributed by atoms with E-state index in [1.165, 1.54) is 5.56 Å². The van der Waals surface area contributed by atoms with E-state index >= 15 is 0 Å². The van der Waals surface area contributed by atoms with Crippen LogP contribution in [0, 0.1) is 5.82 Å². The van der Waals surface area contributed by atoms with Crippen molar-refractivity contribution in [1.29, 1.82) is 0 Å². The number of anilines is 1. The van der Waals surface area contributed by atoms with Crippen molar-refractivity contribution in [3.05, 3.63) is 50.4 Å². The summed E-state index contributed by atoms with van der Waals surface area (Å²) in [7, 11) is 0. The second-order valence-corrected chi connectivity index (χ2v) is 5.97. The van der Waals surface area contributed by atoms with E-state index < -0.39 is 0 Å². The van der Waals surface area contributed by atoms with E-state index in [1.54, 1.807) is 23.5 Å². The van der Waals surface area contributed by atoms with Crippen LogP contribution in [-0.2, 0) is 6.42 Å². The first-order chi connectivity index (χ1) is 9.09. The Bertz CT molecular complexity index is 585. The Morgan fingerprint density at radius 3 is 2.84 bits per heavy atom. The molecule has 1 heterocycles. The molecule has 0 saturated carbocycles. The van der Waals surface area contributed by atoms with Crippen molar-refractivity contribution >= 4 is 50.2 Å². The number of thiocarbonyl (C=S) groups is 1. The van der Waals surface area contributed by atoms with Gasteiger partial charge >= 0.3 is 0 Å². The molecule has 0 saturated heterocycles. The molecule has 0 aliphatic heterocycles. The van der Waals surface area contributed by atoms with Crippen LogP contribution in [0.4, 0.5) is 10.1 Å². The van der Waals surface area contributed by atoms with Crippen molar-refractivity contribution in [2.75, 3.05) is 11.9 Å². The summed E-state index contributed by atoms with van der Waals surface area (Å²) >= 11 is 9.70. The molecule has 100 valence electrons. The number of halogens is 2. The molecule has 0 atom stereocenters. The zero-order valence-electron chi connectivity index (χ0n) is 9.95. The van der Waals surface area contributed by atoms with Gasteiger partial charge in [0, 0.05) is 12.1 Å². The van der Waals surface area contributed by atoms with Gasteiger partial charge in [-0.2, -0.15) is 11.3 Å². The summed E-state index contributed by atoms with van der Waals surface area (Å²) in [5, 5.41) is 7.19. The Balaban J connectivity index is 2.05. The molecule has 0 aliphatic carbocycles. The molecular formula is C13H12BrFN2S2. The minimum Gasteiger partial charge on any atom is -0.389 e. The molecule has 2 rings (SSSR count). The molecule has 0 bridgehead atoms. The molecule has 0 fully saturated rings. The molecule has 2 nitrogen and oxygen atoms in total. The lowest BCUT2D eigenvalue weighted by Gasteiger charge is -2.10. The number of hydrogen-bond donors (Lipinski definition) is 2. The van der Waals surface area contributed by atoms with Gasteiger partial charge in [0.2, 0.25) is 0 Å². The third kappa shape index (κ3) is 3.52. The first kappa shape index (κ1) is 14.4. The van der Waals surface area contributed by atoms with Crippen molar-refractivity contribution in [3.63, 3.8) is 0 Å². The third-order valence-corrected chi connectivity index (χ3v) is 4.38. The zero-order valence-corrected chi connectivity index (χ0v) is 13.2. The Morgan fingerprint density at radius 2 is 2.21 bits per heavy atom. The van der Waals surface area contributed by atoms with Gasteiger partial charge in [-0.15, -0.1) is 0 Å². The van der Waals surface area contributed by atoms with E-state index in [0.717, 1.165) is 6.42 Å². The minimum absolute atomic E-state index is 0.176. The van der Waals surface area contributed by atoms with E-state index in [9.17, 15) is 4.39 Å². The molecule has 3 N–H and O–H groups in total. The smallest absolute Gasteiger partial charge is 0.161 e. The SMILES string of the molecule is NC(=S)c1ccc(NCCc2ccsc2)c(F)c1Br. The maximum atomic E-state index is 14.1. The summed E-state index contributed by atoms with van der Waals surface area (Å²) in [6, 6.07) is 5.43. The van der Waals surface area contributed by atoms with Gasteiger partial charge in [0.25, 0.3) is 0 Å². The van der Waals surface area contributed by atoms with Crippen molar-refractivity contribution < 1.29 is 4.39 Å². The highest BCUT2D eigenvalue weighted by Gasteiger charge is 2.12. The second-order valence-electron chi connectivity index (χ2n) is 3.96. The van der Waals surface area contributed by atoms with Gasteiger partial charge in [0.05, 0.1) is 10.2 Å². The fourth-order valence-electron chi connectivity index (χ4n) is 1.65. The fraction of sp³-hybridized carbons (Fsp3) is 0.154. The largest absolute Gasteiger partial charge is 0.389 e. The average Bonchev–Trinajstić information content (AvgIpc) is 2.87. The van der Waals surface area contributed by atoms with Gasteiger partial charge in [-0.1, -0.05) is 12.2 Å². The molecular weight excluding hydrogens is 347 g/mol. The molecule has 19 heavy (non-hydrogen) atoms. The standard InChI is InChI=1S/C13H12BrFN2S2/c14-11-9(13(16)18)1-2-10(12(11)15)17-5-3-8-4-6-19-7-8/h1-2,4,6-7,17H,3,5H2,(H2,16,18). The number of nitrogens with one attached hydrogen (secondary N) is 1. The predicted molar refractivity (Wildman–Crippen MR) is 86.5 cm³/mol. The van der Waals surface area contributed by atoms with Gasteiger partial charge in [0.1, 0.15) is 4.99 Å². The fourth-order valence-corrected chi connectivity index (χ4v) is 3.22. The van der Waals surface area contributed by atoms with Crippen molar-refractivity contribution in [1.82, 2.24) is 0 Å². The van der Waals surface area contributed by atoms with Gasteiger partial charge < -0.3 is 11.1 Å². The average molecular weight is 359 g/mol. The van der Waals surface area contributed by atoms with E-state index in [-0.39, 0.29) is 10.8 Å². The van der Waals surface area contributed by atoms with Crippen molar-refractivity contribution in [2.45, 2.75) is 6.42 Å². The van der Waals surface area contributed by atoms with Crippen LogP contribution < -0.4 is 11.1 Å². The number of thiophene rings is 1. The van der Waals surface area contributed by atoms with Crippen LogP contribution in [-0.4, -0.2) is 11.5 Å². The Labute approximate surface area is 129 Å². The van der Waals surface area contributed by atoms with Crippen LogP contribution >= 0.6 is 39.5 Å². The Hall–Kier alpha value is -0.980. The number of benzene rings is 1. The number of hydrogen-bond acceptors (Lipinski definition) is 3. The highest BCUT2D eigenvalue weighted by Crippen LogP contribution is 2.27. The van der Waals surface area contributed by atoms with E-state index in [1.807, 2.05) is 5.38 Å². The second kappa shape index (κ2) is 6.45. The molecule has 1 aromatic heterocycles. The molecule has 0 amide bonds. The quantitative estimate of drug-likeness (QED) is 0.795. The van der Waals surface area contributed by atoms with E-state index in [0.29, 0.717) is 22.3 Å². The lowest BCUT2D eigenvalue weighted by atomic mass is 10.2. The molecule has 0 radical (unpaired) electrons. The first-order valence-corrected chi connectivity index (χ1v) is 7.76. The van der Waals surface area contributed by atoms with Crippen LogP contribution in [0.3, 0.4) is 0 Å². The van der Waals surface area contributed by atoms with Gasteiger partial charge in [-0.3, -0.25) is 0 Å². The Kier molecular flexibility index (Phi) is 4.90. The minimum atomic E-state index is -0.365. The van der Waals surface area contributed by atoms with Gasteiger partial charge in [0.15, 0.2) is 5.82 Å². The maximum absolute atomic E-state index is 14.1. The highest BCUT2D eigenvalue weighted by atomic mass is 79.9. The maximum Gasteiger partial charge on any atom is 0.161 e. The topological polar surface area (TPSA) is 38.0 Å². The molecule has 0 unspecified atom stereocenters. The molecule has 1 aromatic carbocycles. The van der Waals surface area contributed by atoms with E-state index in [4.69, 9.17) is 18.0 Å². The van der Waals surface area contributed by atoms with Crippen molar-refractivity contribution in [3.8, 4) is 0 Å². The van der Waals surface area contributed by atoms with Gasteiger partial charge in [-0.25, -0.2) is 4.39 Å². The van der Waals surface area contributed by atoms with Crippen LogP contribution in [0.25, 0.3) is 0 Å². The Morgan fingerprint density at radius 1 is 1.42 bits per heavy atom. The summed E-state index contributed by atoms with van der Waals surface area (Å²) < 4.78 is 14.4. The lowest BCUT2D eigenvalue weighted by molar-refractivity contribution is 0.623. The predicted octanol–water partition coefficient (Wildman–Crippen LogP) is 3.94. The van der Waals surface area contributed by atoms with Crippen LogP contribution in [0.2, 0.25) is 0 Å². The van der Waals surface area contributed by atoms with Gasteiger partial charge in [-0.05, 0) is 56.9 Å². The highest BCUT2D eigenvalue weighted by molar-refractivity contribution is 9.10. The third-order valence-electron chi connectivity index (χ3n) is 2.66. The lowest BCUT2D eigenvalue weighted by Crippen LogP contribution is -2.12. The van der Waals surface area contributed by atoms with Crippen molar-refractivity contribution in [2.24, 2.45) is 5.73 Å². The normalized spacial score (nSPS) is 10.4. The van der Waals surface area contributed by atoms with E-state index in [2.05, 4.69) is 32.7 Å². The zero-order chi connectivity index (χ0) is 13.8. The number of rotatable bonds is 5.